The Bertz CT molecular complexity index is 918. The second kappa shape index (κ2) is 5.57. The summed E-state index contributed by atoms with van der Waals surface area (Å²) in [6, 6.07) is 2.48. The molecule has 1 aliphatic heterocycles. The van der Waals surface area contributed by atoms with Crippen molar-refractivity contribution >= 4 is 27.6 Å². The van der Waals surface area contributed by atoms with Gasteiger partial charge in [0.15, 0.2) is 0 Å². The third-order valence-electron chi connectivity index (χ3n) is 3.53. The number of nitrogen functional groups attached to an aromatic ring is 1. The van der Waals surface area contributed by atoms with Gasteiger partial charge in [0, 0.05) is 18.3 Å². The van der Waals surface area contributed by atoms with E-state index in [-0.39, 0.29) is 19.0 Å². The van der Waals surface area contributed by atoms with Gasteiger partial charge in [-0.25, -0.2) is 18.4 Å². The molecule has 0 fully saturated rings. The third-order valence-corrected chi connectivity index (χ3v) is 5.64. The molecule has 0 atom stereocenters. The summed E-state index contributed by atoms with van der Waals surface area (Å²) >= 11 is 5.52. The van der Waals surface area contributed by atoms with E-state index in [9.17, 15) is 21.6 Å². The van der Waals surface area contributed by atoms with Crippen LogP contribution in [0.25, 0.3) is 0 Å². The van der Waals surface area contributed by atoms with Crippen molar-refractivity contribution in [1.29, 1.82) is 0 Å². The molecule has 1 aliphatic rings. The summed E-state index contributed by atoms with van der Waals surface area (Å²) < 4.78 is 65.0. The molecule has 0 bridgehead atoms. The number of nitrogens with zero attached hydrogens (tertiary/aromatic N) is 3. The van der Waals surface area contributed by atoms with E-state index in [2.05, 4.69) is 9.97 Å². The van der Waals surface area contributed by atoms with Crippen molar-refractivity contribution in [1.82, 2.24) is 14.3 Å². The van der Waals surface area contributed by atoms with Crippen molar-refractivity contribution in [2.75, 3.05) is 5.73 Å². The highest BCUT2D eigenvalue weighted by Crippen LogP contribution is 2.37. The molecule has 1 aromatic heterocycles. The molecule has 0 saturated carbocycles. The molecule has 2 heterocycles. The highest BCUT2D eigenvalue weighted by molar-refractivity contribution is 7.89. The molecule has 2 aromatic rings. The highest BCUT2D eigenvalue weighted by atomic mass is 35.5. The summed E-state index contributed by atoms with van der Waals surface area (Å²) in [4.78, 5) is 7.23. The lowest BCUT2D eigenvalue weighted by molar-refractivity contribution is -0.137. The zero-order valence-electron chi connectivity index (χ0n) is 11.9. The van der Waals surface area contributed by atoms with Crippen LogP contribution in [-0.2, 0) is 29.3 Å². The highest BCUT2D eigenvalue weighted by Gasteiger charge is 2.37. The van der Waals surface area contributed by atoms with Gasteiger partial charge in [-0.05, 0) is 18.2 Å². The molecule has 2 N–H and O–H groups in total. The Morgan fingerprint density at radius 3 is 2.62 bits per heavy atom. The van der Waals surface area contributed by atoms with E-state index in [1.807, 2.05) is 0 Å². The number of halogens is 4. The van der Waals surface area contributed by atoms with Crippen LogP contribution in [0.1, 0.15) is 16.8 Å². The standard InChI is InChI=1S/C13H10ClF3N4O2S/c14-10-2-1-8(3-9(10)13(15,16)17)24(22,23)21-5-7-4-19-12(18)20-11(7)6-21/h1-4H,5-6H2,(H2,18,19,20). The maximum absolute atomic E-state index is 12.9. The largest absolute Gasteiger partial charge is 0.417 e. The van der Waals surface area contributed by atoms with E-state index in [1.165, 1.54) is 6.20 Å². The summed E-state index contributed by atoms with van der Waals surface area (Å²) in [6.07, 6.45) is -3.35. The lowest BCUT2D eigenvalue weighted by atomic mass is 10.2. The molecule has 24 heavy (non-hydrogen) atoms. The van der Waals surface area contributed by atoms with Gasteiger partial charge in [-0.1, -0.05) is 11.6 Å². The first kappa shape index (κ1) is 16.9. The van der Waals surface area contributed by atoms with Crippen LogP contribution in [0.4, 0.5) is 19.1 Å². The fourth-order valence-electron chi connectivity index (χ4n) is 2.34. The Kier molecular flexibility index (Phi) is 3.93. The number of aromatic nitrogens is 2. The maximum atomic E-state index is 12.9. The fraction of sp³-hybridized carbons (Fsp3) is 0.231. The first-order valence-electron chi connectivity index (χ1n) is 6.56. The van der Waals surface area contributed by atoms with Gasteiger partial charge in [0.25, 0.3) is 0 Å². The van der Waals surface area contributed by atoms with Crippen LogP contribution in [0, 0.1) is 0 Å². The average Bonchev–Trinajstić information content (AvgIpc) is 2.90. The Labute approximate surface area is 140 Å². The van der Waals surface area contributed by atoms with Gasteiger partial charge in [-0.15, -0.1) is 0 Å². The van der Waals surface area contributed by atoms with Crippen LogP contribution in [0.3, 0.4) is 0 Å². The minimum absolute atomic E-state index is 0.00107. The molecule has 1 aromatic carbocycles. The quantitative estimate of drug-likeness (QED) is 0.867. The molecule has 0 amide bonds. The first-order valence-corrected chi connectivity index (χ1v) is 8.38. The van der Waals surface area contributed by atoms with Crippen LogP contribution in [0.15, 0.2) is 29.3 Å². The average molecular weight is 379 g/mol. The number of fused-ring (bicyclic) bond motifs is 1. The molecule has 0 saturated heterocycles. The topological polar surface area (TPSA) is 89.2 Å². The molecule has 128 valence electrons. The molecular formula is C13H10ClF3N4O2S. The Morgan fingerprint density at radius 1 is 1.25 bits per heavy atom. The number of nitrogens with two attached hydrogens (primary N) is 1. The number of hydrogen-bond acceptors (Lipinski definition) is 5. The van der Waals surface area contributed by atoms with E-state index in [4.69, 9.17) is 17.3 Å². The van der Waals surface area contributed by atoms with E-state index in [0.717, 1.165) is 16.4 Å². The molecule has 3 rings (SSSR count). The predicted molar refractivity (Wildman–Crippen MR) is 79.3 cm³/mol. The Hall–Kier alpha value is -1.91. The number of alkyl halides is 3. The van der Waals surface area contributed by atoms with Gasteiger partial charge >= 0.3 is 6.18 Å². The monoisotopic (exact) mass is 378 g/mol. The lowest BCUT2D eigenvalue weighted by Crippen LogP contribution is -2.26. The molecule has 0 unspecified atom stereocenters. The van der Waals surface area contributed by atoms with Crippen LogP contribution < -0.4 is 5.73 Å². The summed E-state index contributed by atoms with van der Waals surface area (Å²) in [5, 5.41) is -0.565. The van der Waals surface area contributed by atoms with Gasteiger partial charge in [0.05, 0.1) is 27.7 Å². The first-order chi connectivity index (χ1) is 11.1. The van der Waals surface area contributed by atoms with Crippen molar-refractivity contribution < 1.29 is 21.6 Å². The summed E-state index contributed by atoms with van der Waals surface area (Å²) in [5.74, 6) is -0.00107. The second-order valence-corrected chi connectivity index (χ2v) is 7.46. The van der Waals surface area contributed by atoms with Gasteiger partial charge in [0.2, 0.25) is 16.0 Å². The molecule has 0 radical (unpaired) electrons. The molecule has 11 heteroatoms. The van der Waals surface area contributed by atoms with E-state index in [1.54, 1.807) is 0 Å². The summed E-state index contributed by atoms with van der Waals surface area (Å²) in [7, 11) is -4.15. The van der Waals surface area contributed by atoms with Crippen molar-refractivity contribution in [3.05, 3.63) is 46.2 Å². The van der Waals surface area contributed by atoms with Gasteiger partial charge in [-0.3, -0.25) is 0 Å². The van der Waals surface area contributed by atoms with Crippen LogP contribution in [0.2, 0.25) is 5.02 Å². The van der Waals surface area contributed by atoms with Crippen molar-refractivity contribution in [2.45, 2.75) is 24.2 Å². The number of anilines is 1. The fourth-order valence-corrected chi connectivity index (χ4v) is 3.97. The van der Waals surface area contributed by atoms with E-state index < -0.39 is 31.7 Å². The maximum Gasteiger partial charge on any atom is 0.417 e. The Morgan fingerprint density at radius 2 is 1.96 bits per heavy atom. The van der Waals surface area contributed by atoms with Crippen molar-refractivity contribution in [3.8, 4) is 0 Å². The lowest BCUT2D eigenvalue weighted by Gasteiger charge is -2.17. The zero-order chi connectivity index (χ0) is 17.7. The molecule has 0 spiro atoms. The van der Waals surface area contributed by atoms with Crippen molar-refractivity contribution in [2.24, 2.45) is 0 Å². The number of rotatable bonds is 2. The minimum atomic E-state index is -4.75. The Balaban J connectivity index is 1.98. The summed E-state index contributed by atoms with van der Waals surface area (Å²) in [5.41, 5.74) is 5.23. The number of benzene rings is 1. The van der Waals surface area contributed by atoms with Gasteiger partial charge in [0.1, 0.15) is 0 Å². The minimum Gasteiger partial charge on any atom is -0.368 e. The normalized spacial score (nSPS) is 15.5. The molecule has 6 nitrogen and oxygen atoms in total. The smallest absolute Gasteiger partial charge is 0.368 e. The van der Waals surface area contributed by atoms with Crippen molar-refractivity contribution in [3.63, 3.8) is 0 Å². The number of hydrogen-bond donors (Lipinski definition) is 1. The van der Waals surface area contributed by atoms with Gasteiger partial charge < -0.3 is 5.73 Å². The second-order valence-electron chi connectivity index (χ2n) is 5.11. The van der Waals surface area contributed by atoms with Crippen LogP contribution in [0.5, 0.6) is 0 Å². The van der Waals surface area contributed by atoms with Crippen LogP contribution in [-0.4, -0.2) is 22.7 Å². The molecular weight excluding hydrogens is 369 g/mol. The van der Waals surface area contributed by atoms with E-state index in [0.29, 0.717) is 17.3 Å². The predicted octanol–water partition coefficient (Wildman–Crippen LogP) is 2.44. The molecule has 0 aliphatic carbocycles. The van der Waals surface area contributed by atoms with E-state index >= 15 is 0 Å². The summed E-state index contributed by atoms with van der Waals surface area (Å²) in [6.45, 7) is -0.129. The van der Waals surface area contributed by atoms with Gasteiger partial charge in [-0.2, -0.15) is 17.5 Å². The van der Waals surface area contributed by atoms with Crippen LogP contribution >= 0.6 is 11.6 Å². The number of sulfonamides is 1. The zero-order valence-corrected chi connectivity index (χ0v) is 13.5. The SMILES string of the molecule is Nc1ncc2c(n1)CN(S(=O)(=O)c1ccc(Cl)c(C(F)(F)F)c1)C2. The third kappa shape index (κ3) is 2.92.